The zero-order chi connectivity index (χ0) is 17.2. The topological polar surface area (TPSA) is 43.8 Å². The number of hydrogen-bond acceptors (Lipinski definition) is 2. The highest BCUT2D eigenvalue weighted by atomic mass is 19.4. The Labute approximate surface area is 132 Å². The first-order chi connectivity index (χ1) is 10.9. The molecule has 3 aromatic rings. The average molecular weight is 321 g/mol. The Bertz CT molecular complexity index is 802. The summed E-state index contributed by atoms with van der Waals surface area (Å²) in [5.74, 6) is -0.952. The third-order valence-electron chi connectivity index (χ3n) is 3.22. The lowest BCUT2D eigenvalue weighted by atomic mass is 10.2. The first-order valence-electron chi connectivity index (χ1n) is 7.28. The van der Waals surface area contributed by atoms with Gasteiger partial charge in [0, 0.05) is 11.4 Å². The first kappa shape index (κ1) is 16.9. The largest absolute Gasteiger partial charge is 0.450 e. The summed E-state index contributed by atoms with van der Waals surface area (Å²) in [6.45, 7) is 5.88. The normalized spacial score (nSPS) is 11.2. The van der Waals surface area contributed by atoms with Crippen molar-refractivity contribution in [3.8, 4) is 5.69 Å². The van der Waals surface area contributed by atoms with Crippen molar-refractivity contribution in [2.75, 3.05) is 5.73 Å². The predicted octanol–water partition coefficient (Wildman–Crippen LogP) is 4.96. The number of benzene rings is 2. The van der Waals surface area contributed by atoms with Crippen LogP contribution in [0.5, 0.6) is 0 Å². The van der Waals surface area contributed by atoms with Gasteiger partial charge in [-0.25, -0.2) is 4.98 Å². The zero-order valence-corrected chi connectivity index (χ0v) is 13.1. The van der Waals surface area contributed by atoms with Crippen LogP contribution in [-0.2, 0) is 6.18 Å². The highest BCUT2D eigenvalue weighted by molar-refractivity contribution is 5.81. The van der Waals surface area contributed by atoms with Crippen molar-refractivity contribution in [1.82, 2.24) is 9.55 Å². The number of aryl methyl sites for hydroxylation is 1. The Morgan fingerprint density at radius 3 is 2.17 bits per heavy atom. The third-order valence-corrected chi connectivity index (χ3v) is 3.22. The SMILES string of the molecule is CC.Cc1ccc(-n2c(C(F)(F)F)nc3cc(N)ccc32)cc1. The molecule has 6 heteroatoms. The van der Waals surface area contributed by atoms with Gasteiger partial charge in [-0.05, 0) is 37.3 Å². The molecule has 3 rings (SSSR count). The van der Waals surface area contributed by atoms with Crippen LogP contribution in [-0.4, -0.2) is 9.55 Å². The molecule has 2 aromatic carbocycles. The Kier molecular flexibility index (Phi) is 4.63. The number of anilines is 1. The number of rotatable bonds is 1. The molecule has 1 aromatic heterocycles. The van der Waals surface area contributed by atoms with E-state index in [4.69, 9.17) is 5.73 Å². The van der Waals surface area contributed by atoms with E-state index in [1.54, 1.807) is 36.4 Å². The summed E-state index contributed by atoms with van der Waals surface area (Å²) in [5.41, 5.74) is 7.99. The lowest BCUT2D eigenvalue weighted by Crippen LogP contribution is -2.13. The number of hydrogen-bond donors (Lipinski definition) is 1. The molecule has 0 unspecified atom stereocenters. The summed E-state index contributed by atoms with van der Waals surface area (Å²) in [5, 5.41) is 0. The summed E-state index contributed by atoms with van der Waals surface area (Å²) in [7, 11) is 0. The molecule has 0 spiro atoms. The molecule has 1 heterocycles. The average Bonchev–Trinajstić information content (AvgIpc) is 2.89. The summed E-state index contributed by atoms with van der Waals surface area (Å²) in [6, 6.07) is 11.4. The molecular weight excluding hydrogens is 303 g/mol. The van der Waals surface area contributed by atoms with Gasteiger partial charge in [0.25, 0.3) is 0 Å². The molecule has 122 valence electrons. The minimum Gasteiger partial charge on any atom is -0.399 e. The summed E-state index contributed by atoms with van der Waals surface area (Å²) in [4.78, 5) is 3.70. The fourth-order valence-corrected chi connectivity index (χ4v) is 2.24. The molecular formula is C17H18F3N3. The number of halogens is 3. The minimum atomic E-state index is -4.54. The van der Waals surface area contributed by atoms with Crippen LogP contribution in [0.3, 0.4) is 0 Å². The summed E-state index contributed by atoms with van der Waals surface area (Å²) >= 11 is 0. The third kappa shape index (κ3) is 3.31. The van der Waals surface area contributed by atoms with Crippen LogP contribution in [0.25, 0.3) is 16.7 Å². The number of nitrogens with two attached hydrogens (primary N) is 1. The van der Waals surface area contributed by atoms with E-state index in [2.05, 4.69) is 4.98 Å². The number of nitrogens with zero attached hydrogens (tertiary/aromatic N) is 2. The van der Waals surface area contributed by atoms with Crippen molar-refractivity contribution < 1.29 is 13.2 Å². The summed E-state index contributed by atoms with van der Waals surface area (Å²) < 4.78 is 40.8. The van der Waals surface area contributed by atoms with Crippen LogP contribution < -0.4 is 5.73 Å². The molecule has 2 N–H and O–H groups in total. The van der Waals surface area contributed by atoms with Crippen LogP contribution in [0.4, 0.5) is 18.9 Å². The molecule has 0 aliphatic rings. The smallest absolute Gasteiger partial charge is 0.399 e. The van der Waals surface area contributed by atoms with E-state index in [0.717, 1.165) is 10.1 Å². The van der Waals surface area contributed by atoms with Crippen LogP contribution in [0.2, 0.25) is 0 Å². The van der Waals surface area contributed by atoms with Crippen molar-refractivity contribution in [3.05, 3.63) is 53.9 Å². The van der Waals surface area contributed by atoms with Crippen LogP contribution in [0, 0.1) is 6.92 Å². The van der Waals surface area contributed by atoms with Gasteiger partial charge in [-0.1, -0.05) is 31.5 Å². The molecule has 0 bridgehead atoms. The quantitative estimate of drug-likeness (QED) is 0.644. The molecule has 0 saturated heterocycles. The van der Waals surface area contributed by atoms with E-state index in [1.165, 1.54) is 6.07 Å². The van der Waals surface area contributed by atoms with E-state index in [1.807, 2.05) is 20.8 Å². The zero-order valence-electron chi connectivity index (χ0n) is 13.1. The van der Waals surface area contributed by atoms with Gasteiger partial charge in [-0.3, -0.25) is 4.57 Å². The van der Waals surface area contributed by atoms with E-state index in [0.29, 0.717) is 16.9 Å². The van der Waals surface area contributed by atoms with Crippen LogP contribution >= 0.6 is 0 Å². The maximum Gasteiger partial charge on any atom is 0.450 e. The van der Waals surface area contributed by atoms with Crippen molar-refractivity contribution in [2.45, 2.75) is 26.9 Å². The van der Waals surface area contributed by atoms with Gasteiger partial charge >= 0.3 is 6.18 Å². The van der Waals surface area contributed by atoms with Crippen molar-refractivity contribution in [2.24, 2.45) is 0 Å². The van der Waals surface area contributed by atoms with Crippen molar-refractivity contribution in [3.63, 3.8) is 0 Å². The molecule has 0 aliphatic heterocycles. The van der Waals surface area contributed by atoms with E-state index < -0.39 is 12.0 Å². The minimum absolute atomic E-state index is 0.225. The highest BCUT2D eigenvalue weighted by Gasteiger charge is 2.38. The monoisotopic (exact) mass is 321 g/mol. The Hall–Kier alpha value is -2.50. The Morgan fingerprint density at radius 1 is 1.00 bits per heavy atom. The van der Waals surface area contributed by atoms with E-state index in [9.17, 15) is 13.2 Å². The number of nitrogen functional groups attached to an aromatic ring is 1. The van der Waals surface area contributed by atoms with Gasteiger partial charge in [0.15, 0.2) is 0 Å². The van der Waals surface area contributed by atoms with Gasteiger partial charge < -0.3 is 5.73 Å². The van der Waals surface area contributed by atoms with Crippen molar-refractivity contribution >= 4 is 16.7 Å². The van der Waals surface area contributed by atoms with E-state index >= 15 is 0 Å². The number of aromatic nitrogens is 2. The second kappa shape index (κ2) is 6.32. The first-order valence-corrected chi connectivity index (χ1v) is 7.28. The lowest BCUT2D eigenvalue weighted by Gasteiger charge is -2.11. The van der Waals surface area contributed by atoms with Gasteiger partial charge in [-0.2, -0.15) is 13.2 Å². The Balaban J connectivity index is 0.000000924. The molecule has 3 nitrogen and oxygen atoms in total. The number of fused-ring (bicyclic) bond motifs is 1. The number of imidazole rings is 1. The van der Waals surface area contributed by atoms with E-state index in [-0.39, 0.29) is 5.52 Å². The molecule has 0 radical (unpaired) electrons. The highest BCUT2D eigenvalue weighted by Crippen LogP contribution is 2.34. The maximum atomic E-state index is 13.2. The predicted molar refractivity (Wildman–Crippen MR) is 86.6 cm³/mol. The van der Waals surface area contributed by atoms with Gasteiger partial charge in [0.1, 0.15) is 0 Å². The molecule has 0 atom stereocenters. The van der Waals surface area contributed by atoms with Crippen LogP contribution in [0.1, 0.15) is 25.2 Å². The van der Waals surface area contributed by atoms with Gasteiger partial charge in [0.2, 0.25) is 5.82 Å². The maximum absolute atomic E-state index is 13.2. The van der Waals surface area contributed by atoms with Crippen LogP contribution in [0.15, 0.2) is 42.5 Å². The fourth-order valence-electron chi connectivity index (χ4n) is 2.24. The molecule has 0 saturated carbocycles. The Morgan fingerprint density at radius 2 is 1.61 bits per heavy atom. The fraction of sp³-hybridized carbons (Fsp3) is 0.235. The van der Waals surface area contributed by atoms with Gasteiger partial charge in [0.05, 0.1) is 11.0 Å². The standard InChI is InChI=1S/C15H12F3N3.C2H6/c1-9-2-5-11(6-3-9)21-13-7-4-10(19)8-12(13)20-14(21)15(16,17)18;1-2/h2-8H,19H2,1H3;1-2H3. The lowest BCUT2D eigenvalue weighted by molar-refractivity contribution is -0.145. The molecule has 0 aliphatic carbocycles. The number of alkyl halides is 3. The van der Waals surface area contributed by atoms with Crippen molar-refractivity contribution in [1.29, 1.82) is 0 Å². The molecule has 23 heavy (non-hydrogen) atoms. The second-order valence-electron chi connectivity index (χ2n) is 4.85. The molecule has 0 amide bonds. The molecule has 0 fully saturated rings. The van der Waals surface area contributed by atoms with Gasteiger partial charge in [-0.15, -0.1) is 0 Å². The second-order valence-corrected chi connectivity index (χ2v) is 4.85. The summed E-state index contributed by atoms with van der Waals surface area (Å²) in [6.07, 6.45) is -4.54.